The first-order valence-corrected chi connectivity index (χ1v) is 9.55. The molecule has 0 aromatic heterocycles. The van der Waals surface area contributed by atoms with Crippen molar-refractivity contribution in [1.82, 2.24) is 4.31 Å². The lowest BCUT2D eigenvalue weighted by atomic mass is 10.1. The molecule has 0 radical (unpaired) electrons. The Kier molecular flexibility index (Phi) is 6.02. The molecule has 0 fully saturated rings. The third-order valence-corrected chi connectivity index (χ3v) is 6.01. The van der Waals surface area contributed by atoms with Crippen LogP contribution in [0.15, 0.2) is 41.3 Å². The molecule has 27 heavy (non-hydrogen) atoms. The average Bonchev–Trinajstić information content (AvgIpc) is 2.64. The van der Waals surface area contributed by atoms with Gasteiger partial charge in [-0.15, -0.1) is 0 Å². The molecule has 1 N–H and O–H groups in total. The molecule has 2 aromatic carbocycles. The average molecular weight is 390 g/mol. The summed E-state index contributed by atoms with van der Waals surface area (Å²) < 4.78 is 30.6. The van der Waals surface area contributed by atoms with Gasteiger partial charge >= 0.3 is 5.97 Å². The highest BCUT2D eigenvalue weighted by atomic mass is 32.2. The fourth-order valence-electron chi connectivity index (χ4n) is 2.42. The molecule has 1 amide bonds. The van der Waals surface area contributed by atoms with Crippen LogP contribution < -0.4 is 5.32 Å². The summed E-state index contributed by atoms with van der Waals surface area (Å²) in [5.74, 6) is -1.00. The van der Waals surface area contributed by atoms with Crippen molar-refractivity contribution >= 4 is 27.6 Å². The minimum atomic E-state index is -3.64. The van der Waals surface area contributed by atoms with Crippen LogP contribution in [0.5, 0.6) is 0 Å². The third kappa shape index (κ3) is 4.35. The summed E-state index contributed by atoms with van der Waals surface area (Å²) in [6.07, 6.45) is 0. The first-order chi connectivity index (χ1) is 12.6. The molecule has 0 saturated carbocycles. The number of sulfonamides is 1. The molecule has 2 rings (SSSR count). The Morgan fingerprint density at radius 3 is 2.26 bits per heavy atom. The van der Waals surface area contributed by atoms with Gasteiger partial charge in [-0.2, -0.15) is 0 Å². The highest BCUT2D eigenvalue weighted by Crippen LogP contribution is 2.26. The van der Waals surface area contributed by atoms with E-state index >= 15 is 0 Å². The summed E-state index contributed by atoms with van der Waals surface area (Å²) in [4.78, 5) is 24.3. The van der Waals surface area contributed by atoms with Gasteiger partial charge in [-0.05, 0) is 55.3 Å². The monoisotopic (exact) mass is 390 g/mol. The predicted octanol–water partition coefficient (Wildman–Crippen LogP) is 2.59. The van der Waals surface area contributed by atoms with E-state index in [1.165, 1.54) is 33.3 Å². The number of ether oxygens (including phenoxy) is 1. The molecule has 0 aliphatic rings. The Morgan fingerprint density at radius 1 is 1.04 bits per heavy atom. The van der Waals surface area contributed by atoms with Crippen LogP contribution in [0.25, 0.3) is 0 Å². The van der Waals surface area contributed by atoms with Crippen molar-refractivity contribution in [3.8, 4) is 0 Å². The first-order valence-electron chi connectivity index (χ1n) is 8.11. The SMILES string of the molecule is COC(=O)c1cccc(C(=O)Nc2cc(S(=O)(=O)N(C)C)cc(C)c2C)c1. The number of rotatable bonds is 5. The molecule has 7 nitrogen and oxygen atoms in total. The normalized spacial score (nSPS) is 11.3. The van der Waals surface area contributed by atoms with Crippen LogP contribution in [0.1, 0.15) is 31.8 Å². The van der Waals surface area contributed by atoms with Crippen LogP contribution in [-0.4, -0.2) is 45.8 Å². The van der Waals surface area contributed by atoms with Gasteiger partial charge in [-0.25, -0.2) is 17.5 Å². The van der Waals surface area contributed by atoms with Crippen LogP contribution in [0, 0.1) is 13.8 Å². The van der Waals surface area contributed by atoms with Crippen LogP contribution in [0.4, 0.5) is 5.69 Å². The standard InChI is InChI=1S/C19H22N2O5S/c1-12-9-16(27(24,25)21(3)4)11-17(13(12)2)20-18(22)14-7-6-8-15(10-14)19(23)26-5/h6-11H,1-5H3,(H,20,22). The number of hydrogen-bond acceptors (Lipinski definition) is 5. The quantitative estimate of drug-likeness (QED) is 0.792. The van der Waals surface area contributed by atoms with Crippen molar-refractivity contribution in [1.29, 1.82) is 0 Å². The summed E-state index contributed by atoms with van der Waals surface area (Å²) in [6, 6.07) is 9.10. The number of nitrogens with one attached hydrogen (secondary N) is 1. The van der Waals surface area contributed by atoms with Crippen molar-refractivity contribution in [3.05, 3.63) is 58.7 Å². The molecule has 0 heterocycles. The molecule has 0 aliphatic carbocycles. The van der Waals surface area contributed by atoms with Gasteiger partial charge in [0.05, 0.1) is 17.6 Å². The molecule has 2 aromatic rings. The zero-order valence-electron chi connectivity index (χ0n) is 15.9. The van der Waals surface area contributed by atoms with Crippen molar-refractivity contribution in [2.75, 3.05) is 26.5 Å². The molecule has 0 spiro atoms. The van der Waals surface area contributed by atoms with Crippen LogP contribution >= 0.6 is 0 Å². The number of aryl methyl sites for hydroxylation is 1. The van der Waals surface area contributed by atoms with E-state index in [0.29, 0.717) is 5.69 Å². The topological polar surface area (TPSA) is 92.8 Å². The van der Waals surface area contributed by atoms with Gasteiger partial charge in [0, 0.05) is 25.3 Å². The maximum absolute atomic E-state index is 12.6. The molecule has 0 bridgehead atoms. The smallest absolute Gasteiger partial charge is 0.337 e. The number of amides is 1. The van der Waals surface area contributed by atoms with Gasteiger partial charge in [0.1, 0.15) is 0 Å². The Balaban J connectivity index is 2.41. The van der Waals surface area contributed by atoms with Gasteiger partial charge in [-0.3, -0.25) is 4.79 Å². The second-order valence-electron chi connectivity index (χ2n) is 6.23. The molecule has 0 aliphatic heterocycles. The highest BCUT2D eigenvalue weighted by molar-refractivity contribution is 7.89. The minimum Gasteiger partial charge on any atom is -0.465 e. The molecule has 0 atom stereocenters. The number of nitrogens with zero attached hydrogens (tertiary/aromatic N) is 1. The van der Waals surface area contributed by atoms with E-state index in [2.05, 4.69) is 10.1 Å². The van der Waals surface area contributed by atoms with Crippen LogP contribution in [0.2, 0.25) is 0 Å². The summed E-state index contributed by atoms with van der Waals surface area (Å²) >= 11 is 0. The van der Waals surface area contributed by atoms with E-state index in [-0.39, 0.29) is 16.0 Å². The number of hydrogen-bond donors (Lipinski definition) is 1. The third-order valence-electron chi connectivity index (χ3n) is 4.21. The Bertz CT molecular complexity index is 997. The van der Waals surface area contributed by atoms with Gasteiger partial charge in [0.15, 0.2) is 0 Å². The molecular formula is C19H22N2O5S. The summed E-state index contributed by atoms with van der Waals surface area (Å²) in [5.41, 5.74) is 2.39. The molecule has 144 valence electrons. The van der Waals surface area contributed by atoms with Gasteiger partial charge in [0.25, 0.3) is 5.91 Å². The molecule has 8 heteroatoms. The lowest BCUT2D eigenvalue weighted by molar-refractivity contribution is 0.0600. The summed E-state index contributed by atoms with van der Waals surface area (Å²) in [7, 11) is 0.513. The second kappa shape index (κ2) is 7.89. The van der Waals surface area contributed by atoms with Crippen molar-refractivity contribution in [3.63, 3.8) is 0 Å². The van der Waals surface area contributed by atoms with Crippen molar-refractivity contribution < 1.29 is 22.7 Å². The maximum Gasteiger partial charge on any atom is 0.337 e. The van der Waals surface area contributed by atoms with Crippen molar-refractivity contribution in [2.45, 2.75) is 18.7 Å². The molecule has 0 unspecified atom stereocenters. The number of methoxy groups -OCH3 is 1. The number of esters is 1. The highest BCUT2D eigenvalue weighted by Gasteiger charge is 2.20. The van der Waals surface area contributed by atoms with E-state index in [9.17, 15) is 18.0 Å². The zero-order valence-corrected chi connectivity index (χ0v) is 16.7. The summed E-state index contributed by atoms with van der Waals surface area (Å²) in [5, 5.41) is 2.73. The number of anilines is 1. The number of carbonyl (C=O) groups is 2. The number of carbonyl (C=O) groups excluding carboxylic acids is 2. The van der Waals surface area contributed by atoms with Gasteiger partial charge in [0.2, 0.25) is 10.0 Å². The van der Waals surface area contributed by atoms with E-state index in [1.54, 1.807) is 38.1 Å². The van der Waals surface area contributed by atoms with Crippen LogP contribution in [0.3, 0.4) is 0 Å². The first kappa shape index (κ1) is 20.6. The van der Waals surface area contributed by atoms with E-state index in [0.717, 1.165) is 15.4 Å². The lowest BCUT2D eigenvalue weighted by Gasteiger charge is -2.16. The maximum atomic E-state index is 12.6. The zero-order chi connectivity index (χ0) is 20.4. The fourth-order valence-corrected chi connectivity index (χ4v) is 3.43. The lowest BCUT2D eigenvalue weighted by Crippen LogP contribution is -2.23. The minimum absolute atomic E-state index is 0.0919. The van der Waals surface area contributed by atoms with Crippen LogP contribution in [-0.2, 0) is 14.8 Å². The van der Waals surface area contributed by atoms with E-state index in [1.807, 2.05) is 0 Å². The molecular weight excluding hydrogens is 368 g/mol. The molecule has 0 saturated heterocycles. The second-order valence-corrected chi connectivity index (χ2v) is 8.38. The largest absolute Gasteiger partial charge is 0.465 e. The van der Waals surface area contributed by atoms with Gasteiger partial charge < -0.3 is 10.1 Å². The van der Waals surface area contributed by atoms with E-state index < -0.39 is 21.9 Å². The summed E-state index contributed by atoms with van der Waals surface area (Å²) in [6.45, 7) is 3.57. The Morgan fingerprint density at radius 2 is 1.67 bits per heavy atom. The fraction of sp³-hybridized carbons (Fsp3) is 0.263. The Labute approximate surface area is 159 Å². The van der Waals surface area contributed by atoms with Gasteiger partial charge in [-0.1, -0.05) is 6.07 Å². The Hall–Kier alpha value is -2.71. The predicted molar refractivity (Wildman–Crippen MR) is 103 cm³/mol. The van der Waals surface area contributed by atoms with Crippen molar-refractivity contribution in [2.24, 2.45) is 0 Å². The number of benzene rings is 2. The van der Waals surface area contributed by atoms with E-state index in [4.69, 9.17) is 0 Å².